The van der Waals surface area contributed by atoms with Crippen molar-refractivity contribution in [2.75, 3.05) is 13.2 Å². The van der Waals surface area contributed by atoms with Crippen molar-refractivity contribution in [2.24, 2.45) is 11.8 Å². The molecule has 0 amide bonds. The molecule has 0 saturated heterocycles. The zero-order chi connectivity index (χ0) is 25.5. The maximum Gasteiger partial charge on any atom is 0.360 e. The fourth-order valence-electron chi connectivity index (χ4n) is 4.27. The normalized spacial score (nSPS) is 17.4. The van der Waals surface area contributed by atoms with E-state index in [2.05, 4.69) is 0 Å². The molecule has 2 aliphatic rings. The van der Waals surface area contributed by atoms with E-state index in [1.165, 1.54) is 36.8 Å². The molecule has 0 spiro atoms. The monoisotopic (exact) mass is 546 g/mol. The summed E-state index contributed by atoms with van der Waals surface area (Å²) in [5.74, 6) is 2.40. The quantitative estimate of drug-likeness (QED) is 0.283. The molecule has 2 aliphatic carbocycles. The molecule has 0 aliphatic heterocycles. The molecule has 3 atom stereocenters. The molecule has 0 heterocycles. The minimum absolute atomic E-state index is 0.234. The first-order valence-corrected chi connectivity index (χ1v) is 14.1. The number of halogens is 2. The number of benzene rings is 3. The zero-order valence-corrected chi connectivity index (χ0v) is 22.6. The molecule has 36 heavy (non-hydrogen) atoms. The number of aliphatic hydroxyl groups is 1. The first-order chi connectivity index (χ1) is 17.4. The van der Waals surface area contributed by atoms with E-state index < -0.39 is 11.4 Å². The average Bonchev–Trinajstić information content (AvgIpc) is 3.79. The van der Waals surface area contributed by atoms with Crippen molar-refractivity contribution in [3.8, 4) is 5.75 Å². The first-order valence-electron chi connectivity index (χ1n) is 12.3. The van der Waals surface area contributed by atoms with E-state index in [-0.39, 0.29) is 12.5 Å². The lowest BCUT2D eigenvalue weighted by Crippen LogP contribution is -2.14. The van der Waals surface area contributed by atoms with Crippen molar-refractivity contribution >= 4 is 34.6 Å². The van der Waals surface area contributed by atoms with Crippen LogP contribution in [0.2, 0.25) is 10.0 Å². The molecular weight excluding hydrogens is 515 g/mol. The molecule has 1 N–H and O–H groups in total. The van der Waals surface area contributed by atoms with E-state index in [4.69, 9.17) is 31.6 Å². The Bertz CT molecular complexity index is 1110. The second-order valence-corrected chi connectivity index (χ2v) is 11.2. The Morgan fingerprint density at radius 3 is 1.75 bits per heavy atom. The summed E-state index contributed by atoms with van der Waals surface area (Å²) >= 11 is 9.94. The third-order valence-electron chi connectivity index (χ3n) is 6.70. The molecule has 3 aromatic rings. The van der Waals surface area contributed by atoms with Gasteiger partial charge in [-0.3, -0.25) is 4.18 Å². The van der Waals surface area contributed by atoms with E-state index in [0.29, 0.717) is 30.1 Å². The Morgan fingerprint density at radius 1 is 0.806 bits per heavy atom. The number of rotatable bonds is 10. The van der Waals surface area contributed by atoms with E-state index in [0.717, 1.165) is 15.6 Å². The summed E-state index contributed by atoms with van der Waals surface area (Å²) in [5.41, 5.74) is 3.51. The van der Waals surface area contributed by atoms with Gasteiger partial charge in [-0.2, -0.15) is 4.21 Å². The molecule has 5 rings (SSSR count). The van der Waals surface area contributed by atoms with Crippen molar-refractivity contribution < 1.29 is 17.7 Å². The first kappa shape index (κ1) is 27.2. The van der Waals surface area contributed by atoms with Crippen molar-refractivity contribution in [1.82, 2.24) is 0 Å². The Kier molecular flexibility index (Phi) is 9.86. The number of hydrogen-bond acceptors (Lipinski definition) is 4. The minimum Gasteiger partial charge on any atom is -0.396 e. The number of hydrogen-bond donors (Lipinski definition) is 1. The van der Waals surface area contributed by atoms with Crippen LogP contribution in [0.4, 0.5) is 0 Å². The lowest BCUT2D eigenvalue weighted by atomic mass is 9.95. The molecule has 0 bridgehead atoms. The number of aryl methyl sites for hydroxylation is 1. The highest BCUT2D eigenvalue weighted by atomic mass is 35.5. The zero-order valence-electron chi connectivity index (χ0n) is 20.3. The van der Waals surface area contributed by atoms with Gasteiger partial charge in [0, 0.05) is 21.9 Å². The summed E-state index contributed by atoms with van der Waals surface area (Å²) in [6, 6.07) is 23.0. The summed E-state index contributed by atoms with van der Waals surface area (Å²) < 4.78 is 22.7. The van der Waals surface area contributed by atoms with Gasteiger partial charge in [0.2, 0.25) is 0 Å². The van der Waals surface area contributed by atoms with Crippen LogP contribution in [0, 0.1) is 18.8 Å². The highest BCUT2D eigenvalue weighted by molar-refractivity contribution is 7.75. The highest BCUT2D eigenvalue weighted by Crippen LogP contribution is 2.43. The van der Waals surface area contributed by atoms with Crippen LogP contribution >= 0.6 is 23.2 Å². The van der Waals surface area contributed by atoms with Crippen LogP contribution in [0.1, 0.15) is 54.2 Å². The molecular formula is C29H32Cl2O4S. The molecule has 192 valence electrons. The Balaban J connectivity index is 0.000000197. The van der Waals surface area contributed by atoms with Gasteiger partial charge in [0.1, 0.15) is 5.75 Å². The van der Waals surface area contributed by atoms with Crippen LogP contribution < -0.4 is 4.18 Å². The predicted molar refractivity (Wildman–Crippen MR) is 147 cm³/mol. The fourth-order valence-corrected chi connectivity index (χ4v) is 5.10. The van der Waals surface area contributed by atoms with Gasteiger partial charge >= 0.3 is 11.4 Å². The lowest BCUT2D eigenvalue weighted by Gasteiger charge is -2.16. The van der Waals surface area contributed by atoms with E-state index >= 15 is 0 Å². The second-order valence-electron chi connectivity index (χ2n) is 9.56. The van der Waals surface area contributed by atoms with Crippen molar-refractivity contribution in [1.29, 1.82) is 0 Å². The van der Waals surface area contributed by atoms with E-state index in [9.17, 15) is 9.32 Å². The van der Waals surface area contributed by atoms with Gasteiger partial charge in [0.15, 0.2) is 0 Å². The van der Waals surface area contributed by atoms with Crippen LogP contribution in [0.15, 0.2) is 72.8 Å². The van der Waals surface area contributed by atoms with E-state index in [1.807, 2.05) is 67.6 Å². The van der Waals surface area contributed by atoms with Gasteiger partial charge in [-0.05, 0) is 92.0 Å². The largest absolute Gasteiger partial charge is 0.396 e. The summed E-state index contributed by atoms with van der Waals surface area (Å²) in [6.45, 7) is 2.63. The van der Waals surface area contributed by atoms with Gasteiger partial charge in [-0.25, -0.2) is 0 Å². The minimum atomic E-state index is -1.79. The lowest BCUT2D eigenvalue weighted by molar-refractivity contribution is 0.253. The fraction of sp³-hybridized carbons (Fsp3) is 0.379. The smallest absolute Gasteiger partial charge is 0.360 e. The Morgan fingerprint density at radius 2 is 1.28 bits per heavy atom. The predicted octanol–water partition coefficient (Wildman–Crippen LogP) is 7.64. The molecule has 3 aromatic carbocycles. The maximum absolute atomic E-state index is 12.0. The van der Waals surface area contributed by atoms with Crippen molar-refractivity contribution in [3.05, 3.63) is 99.5 Å². The van der Waals surface area contributed by atoms with E-state index in [1.54, 1.807) is 12.1 Å². The molecule has 0 aromatic heterocycles. The third-order valence-corrected chi connectivity index (χ3v) is 7.87. The third kappa shape index (κ3) is 8.32. The SMILES string of the molecule is Cc1ccc(OS(=O)OCC(c2ccc(Cl)cc2)C2CC2)cc1.OCC(c1ccc(Cl)cc1)C1CC1. The van der Waals surface area contributed by atoms with Crippen LogP contribution in [0.5, 0.6) is 5.75 Å². The van der Waals surface area contributed by atoms with Crippen molar-refractivity contribution in [3.63, 3.8) is 0 Å². The van der Waals surface area contributed by atoms with Crippen LogP contribution in [0.3, 0.4) is 0 Å². The van der Waals surface area contributed by atoms with Gasteiger partial charge < -0.3 is 9.29 Å². The standard InChI is InChI=1S/C18H19ClO3S.C11H13ClO/c1-13-2-10-17(11-3-13)22-23(20)21-12-18(14-4-5-14)15-6-8-16(19)9-7-15;12-10-5-3-9(4-6-10)11(7-13)8-1-2-8/h2-3,6-11,14,18H,4-5,12H2,1H3;3-6,8,11,13H,1-2,7H2. The molecule has 7 heteroatoms. The van der Waals surface area contributed by atoms with Crippen LogP contribution in [-0.4, -0.2) is 22.5 Å². The Labute approximate surface area is 226 Å². The van der Waals surface area contributed by atoms with Crippen molar-refractivity contribution in [2.45, 2.75) is 44.4 Å². The van der Waals surface area contributed by atoms with Gasteiger partial charge in [0.05, 0.1) is 13.2 Å². The maximum atomic E-state index is 12.0. The van der Waals surface area contributed by atoms with Gasteiger partial charge in [-0.1, -0.05) is 65.2 Å². The molecule has 3 unspecified atom stereocenters. The molecule has 2 fully saturated rings. The van der Waals surface area contributed by atoms with Gasteiger partial charge in [-0.15, -0.1) is 0 Å². The summed E-state index contributed by atoms with van der Waals surface area (Å²) in [4.78, 5) is 0. The molecule has 0 radical (unpaired) electrons. The second kappa shape index (κ2) is 13.1. The Hall–Kier alpha value is -1.89. The molecule has 4 nitrogen and oxygen atoms in total. The summed E-state index contributed by atoms with van der Waals surface area (Å²) in [5, 5.41) is 10.7. The van der Waals surface area contributed by atoms with Gasteiger partial charge in [0.25, 0.3) is 0 Å². The number of aliphatic hydroxyl groups excluding tert-OH is 1. The highest BCUT2D eigenvalue weighted by Gasteiger charge is 2.33. The summed E-state index contributed by atoms with van der Waals surface area (Å²) in [7, 11) is 0. The topological polar surface area (TPSA) is 55.8 Å². The van der Waals surface area contributed by atoms with Crippen LogP contribution in [0.25, 0.3) is 0 Å². The summed E-state index contributed by atoms with van der Waals surface area (Å²) in [6.07, 6.45) is 4.88. The average molecular weight is 548 g/mol. The van der Waals surface area contributed by atoms with Crippen LogP contribution in [-0.2, 0) is 15.5 Å². The molecule has 2 saturated carbocycles.